The van der Waals surface area contributed by atoms with Crippen molar-refractivity contribution in [1.29, 1.82) is 0 Å². The molecule has 1 fully saturated rings. The van der Waals surface area contributed by atoms with Gasteiger partial charge >= 0.3 is 6.09 Å². The predicted octanol–water partition coefficient (Wildman–Crippen LogP) is 6.03. The van der Waals surface area contributed by atoms with Gasteiger partial charge in [0.15, 0.2) is 11.6 Å². The molecule has 8 nitrogen and oxygen atoms in total. The van der Waals surface area contributed by atoms with Gasteiger partial charge in [0.05, 0.1) is 12.2 Å². The Hall–Kier alpha value is -3.33. The van der Waals surface area contributed by atoms with Crippen LogP contribution < -0.4 is 10.5 Å². The molecule has 1 atom stereocenters. The number of rotatable bonds is 5. The number of carbonyl (C=O) groups excluding carboxylic acids is 1. The molecule has 0 spiro atoms. The van der Waals surface area contributed by atoms with Crippen LogP contribution in [0.4, 0.5) is 15.0 Å². The average Bonchev–Trinajstić information content (AvgIpc) is 3.31. The van der Waals surface area contributed by atoms with Gasteiger partial charge in [0.25, 0.3) is 0 Å². The Morgan fingerprint density at radius 1 is 1.19 bits per heavy atom. The molecular formula is C26H31ClFN5O3. The zero-order valence-corrected chi connectivity index (χ0v) is 21.6. The monoisotopic (exact) mass is 515 g/mol. The summed E-state index contributed by atoms with van der Waals surface area (Å²) in [5.41, 5.74) is 7.71. The summed E-state index contributed by atoms with van der Waals surface area (Å²) in [6.45, 7) is 8.58. The second-order valence-electron chi connectivity index (χ2n) is 9.94. The van der Waals surface area contributed by atoms with E-state index in [2.05, 4.69) is 10.1 Å². The molecule has 0 aliphatic carbocycles. The van der Waals surface area contributed by atoms with Gasteiger partial charge in [-0.1, -0.05) is 11.6 Å². The third-order valence-corrected chi connectivity index (χ3v) is 6.35. The molecule has 0 bridgehead atoms. The largest absolute Gasteiger partial charge is 0.482 e. The molecule has 1 aliphatic heterocycles. The van der Waals surface area contributed by atoms with Gasteiger partial charge in [0.1, 0.15) is 17.5 Å². The minimum absolute atomic E-state index is 0.171. The number of anilines is 1. The minimum atomic E-state index is -0.537. The minimum Gasteiger partial charge on any atom is -0.482 e. The number of piperidine rings is 1. The van der Waals surface area contributed by atoms with E-state index in [1.807, 2.05) is 31.6 Å². The maximum atomic E-state index is 13.7. The third kappa shape index (κ3) is 6.07. The number of carbonyl (C=O) groups is 1. The fourth-order valence-corrected chi connectivity index (χ4v) is 4.38. The lowest BCUT2D eigenvalue weighted by molar-refractivity contribution is 0.0185. The molecule has 1 unspecified atom stereocenters. The van der Waals surface area contributed by atoms with Crippen LogP contribution in [-0.4, -0.2) is 44.4 Å². The third-order valence-electron chi connectivity index (χ3n) is 6.01. The molecule has 0 saturated carbocycles. The molecule has 1 aromatic carbocycles. The van der Waals surface area contributed by atoms with Crippen molar-refractivity contribution in [3.8, 4) is 16.9 Å². The van der Waals surface area contributed by atoms with Gasteiger partial charge in [-0.05, 0) is 64.8 Å². The van der Waals surface area contributed by atoms with Gasteiger partial charge in [-0.3, -0.25) is 4.68 Å². The highest BCUT2D eigenvalue weighted by molar-refractivity contribution is 6.31. The zero-order valence-electron chi connectivity index (χ0n) is 20.9. The van der Waals surface area contributed by atoms with Crippen LogP contribution in [0.3, 0.4) is 0 Å². The Bertz CT molecular complexity index is 1230. The standard InChI is InChI=1S/C26H31ClFN5O3/c1-16(21-12-19(28)5-6-22(21)27)35-23-11-17(13-30-24(23)29)18-14-31-33(15-18)20-7-9-32(10-8-20)25(34)36-26(2,3)4/h5-6,11-16,20H,7-10H2,1-4H3,(H2,29,30). The molecule has 4 rings (SSSR count). The summed E-state index contributed by atoms with van der Waals surface area (Å²) in [7, 11) is 0. The molecule has 2 N–H and O–H groups in total. The van der Waals surface area contributed by atoms with Crippen LogP contribution in [0, 0.1) is 5.82 Å². The average molecular weight is 516 g/mol. The number of ether oxygens (including phenoxy) is 2. The van der Waals surface area contributed by atoms with Crippen LogP contribution in [0.25, 0.3) is 11.1 Å². The molecule has 1 amide bonds. The van der Waals surface area contributed by atoms with E-state index >= 15 is 0 Å². The first kappa shape index (κ1) is 25.8. The summed E-state index contributed by atoms with van der Waals surface area (Å²) in [5.74, 6) is 0.202. The Balaban J connectivity index is 1.44. The maximum Gasteiger partial charge on any atom is 0.410 e. The fraction of sp³-hybridized carbons (Fsp3) is 0.423. The fourth-order valence-electron chi connectivity index (χ4n) is 4.11. The van der Waals surface area contributed by atoms with Gasteiger partial charge in [0, 0.05) is 47.2 Å². The van der Waals surface area contributed by atoms with Crippen molar-refractivity contribution in [2.75, 3.05) is 18.8 Å². The number of aromatic nitrogens is 3. The van der Waals surface area contributed by atoms with Gasteiger partial charge in [-0.25, -0.2) is 14.2 Å². The molecule has 1 aliphatic rings. The first-order valence-corrected chi connectivity index (χ1v) is 12.3. The number of hydrogen-bond acceptors (Lipinski definition) is 6. The molecule has 1 saturated heterocycles. The molecule has 3 heterocycles. The normalized spacial score (nSPS) is 15.6. The summed E-state index contributed by atoms with van der Waals surface area (Å²) in [4.78, 5) is 18.3. The van der Waals surface area contributed by atoms with Crippen molar-refractivity contribution >= 4 is 23.5 Å². The lowest BCUT2D eigenvalue weighted by Gasteiger charge is -2.33. The summed E-state index contributed by atoms with van der Waals surface area (Å²) >= 11 is 6.22. The highest BCUT2D eigenvalue weighted by Gasteiger charge is 2.28. The number of nitrogen functional groups attached to an aromatic ring is 1. The zero-order chi connectivity index (χ0) is 26.0. The summed E-state index contributed by atoms with van der Waals surface area (Å²) in [6.07, 6.45) is 6.12. The molecule has 0 radical (unpaired) electrons. The SMILES string of the molecule is CC(Oc1cc(-c2cnn(C3CCN(C(=O)OC(C)(C)C)CC3)c2)cnc1N)c1cc(F)ccc1Cl. The van der Waals surface area contributed by atoms with E-state index < -0.39 is 17.5 Å². The van der Waals surface area contributed by atoms with Crippen LogP contribution in [-0.2, 0) is 4.74 Å². The Morgan fingerprint density at radius 2 is 1.92 bits per heavy atom. The van der Waals surface area contributed by atoms with Crippen molar-refractivity contribution in [1.82, 2.24) is 19.7 Å². The van der Waals surface area contributed by atoms with Crippen LogP contribution in [0.5, 0.6) is 5.75 Å². The highest BCUT2D eigenvalue weighted by atomic mass is 35.5. The highest BCUT2D eigenvalue weighted by Crippen LogP contribution is 2.33. The van der Waals surface area contributed by atoms with Crippen molar-refractivity contribution in [3.05, 3.63) is 59.3 Å². The van der Waals surface area contributed by atoms with Crippen molar-refractivity contribution < 1.29 is 18.7 Å². The Kier molecular flexibility index (Phi) is 7.40. The van der Waals surface area contributed by atoms with Gasteiger partial charge in [-0.2, -0.15) is 5.10 Å². The first-order chi connectivity index (χ1) is 17.0. The second kappa shape index (κ2) is 10.3. The summed E-state index contributed by atoms with van der Waals surface area (Å²) in [6, 6.07) is 6.10. The summed E-state index contributed by atoms with van der Waals surface area (Å²) < 4.78 is 27.1. The van der Waals surface area contributed by atoms with E-state index in [1.165, 1.54) is 18.2 Å². The van der Waals surface area contributed by atoms with Crippen molar-refractivity contribution in [2.45, 2.75) is 58.3 Å². The maximum absolute atomic E-state index is 13.7. The van der Waals surface area contributed by atoms with E-state index in [-0.39, 0.29) is 18.0 Å². The molecule has 192 valence electrons. The van der Waals surface area contributed by atoms with Crippen LogP contribution in [0.15, 0.2) is 42.9 Å². The van der Waals surface area contributed by atoms with E-state index in [9.17, 15) is 9.18 Å². The molecule has 3 aromatic rings. The lowest BCUT2D eigenvalue weighted by Crippen LogP contribution is -2.42. The van der Waals surface area contributed by atoms with E-state index in [4.69, 9.17) is 26.8 Å². The first-order valence-electron chi connectivity index (χ1n) is 11.9. The smallest absolute Gasteiger partial charge is 0.410 e. The summed E-state index contributed by atoms with van der Waals surface area (Å²) in [5, 5.41) is 4.96. The predicted molar refractivity (Wildman–Crippen MR) is 136 cm³/mol. The lowest BCUT2D eigenvalue weighted by atomic mass is 10.1. The van der Waals surface area contributed by atoms with Gasteiger partial charge in [-0.15, -0.1) is 0 Å². The Labute approximate surface area is 215 Å². The molecule has 36 heavy (non-hydrogen) atoms. The number of nitrogens with zero attached hydrogens (tertiary/aromatic N) is 4. The van der Waals surface area contributed by atoms with E-state index in [0.717, 1.165) is 24.0 Å². The molecule has 2 aromatic heterocycles. The molecule has 10 heteroatoms. The number of likely N-dealkylation sites (tertiary alicyclic amines) is 1. The second-order valence-corrected chi connectivity index (χ2v) is 10.3. The molecular weight excluding hydrogens is 485 g/mol. The van der Waals surface area contributed by atoms with Crippen LogP contribution >= 0.6 is 11.6 Å². The Morgan fingerprint density at radius 3 is 2.61 bits per heavy atom. The van der Waals surface area contributed by atoms with Crippen LogP contribution in [0.1, 0.15) is 58.2 Å². The number of benzene rings is 1. The van der Waals surface area contributed by atoms with E-state index in [1.54, 1.807) is 30.3 Å². The number of hydrogen-bond donors (Lipinski definition) is 1. The number of nitrogens with two attached hydrogens (primary N) is 1. The number of amides is 1. The number of pyridine rings is 1. The quantitative estimate of drug-likeness (QED) is 0.445. The number of halogens is 2. The van der Waals surface area contributed by atoms with Gasteiger partial charge < -0.3 is 20.1 Å². The van der Waals surface area contributed by atoms with Crippen molar-refractivity contribution in [2.24, 2.45) is 0 Å². The van der Waals surface area contributed by atoms with E-state index in [0.29, 0.717) is 29.4 Å². The topological polar surface area (TPSA) is 95.5 Å². The van der Waals surface area contributed by atoms with Gasteiger partial charge in [0.2, 0.25) is 0 Å². The van der Waals surface area contributed by atoms with Crippen molar-refractivity contribution in [3.63, 3.8) is 0 Å². The van der Waals surface area contributed by atoms with Crippen LogP contribution in [0.2, 0.25) is 5.02 Å².